The van der Waals surface area contributed by atoms with Gasteiger partial charge < -0.3 is 14.5 Å². The largest absolute Gasteiger partial charge is 0.368 e. The smallest absolute Gasteiger partial charge is 0.251 e. The summed E-state index contributed by atoms with van der Waals surface area (Å²) in [5.41, 5.74) is 2.02. The molecule has 2 aliphatic heterocycles. The number of aromatic nitrogens is 3. The first kappa shape index (κ1) is 17.4. The van der Waals surface area contributed by atoms with Crippen LogP contribution in [0.2, 0.25) is 0 Å². The van der Waals surface area contributed by atoms with Crippen molar-refractivity contribution in [3.63, 3.8) is 0 Å². The molecule has 4 rings (SSSR count). The lowest BCUT2D eigenvalue weighted by Gasteiger charge is -2.19. The molecule has 0 aromatic carbocycles. The highest BCUT2D eigenvalue weighted by Crippen LogP contribution is 2.32. The maximum Gasteiger partial charge on any atom is 0.251 e. The van der Waals surface area contributed by atoms with Gasteiger partial charge in [0.25, 0.3) is 5.91 Å². The Hall–Kier alpha value is -1.99. The molecule has 2 atom stereocenters. The molecule has 0 aliphatic carbocycles. The van der Waals surface area contributed by atoms with Crippen LogP contribution in [0.25, 0.3) is 11.0 Å². The molecule has 0 radical (unpaired) electrons. The predicted molar refractivity (Wildman–Crippen MR) is 99.0 cm³/mol. The summed E-state index contributed by atoms with van der Waals surface area (Å²) in [5.74, 6) is 0.423. The number of ether oxygens (including phenoxy) is 1. The molecule has 0 unspecified atom stereocenters. The number of likely N-dealkylation sites (tertiary alicyclic amines) is 1. The molecule has 26 heavy (non-hydrogen) atoms. The summed E-state index contributed by atoms with van der Waals surface area (Å²) in [4.78, 5) is 21.3. The van der Waals surface area contributed by atoms with E-state index in [2.05, 4.69) is 30.0 Å². The van der Waals surface area contributed by atoms with Gasteiger partial charge in [-0.05, 0) is 45.5 Å². The van der Waals surface area contributed by atoms with Crippen LogP contribution in [0.4, 0.5) is 0 Å². The average molecular weight is 357 g/mol. The van der Waals surface area contributed by atoms with Gasteiger partial charge in [-0.1, -0.05) is 0 Å². The molecule has 2 fully saturated rings. The quantitative estimate of drug-likeness (QED) is 0.811. The van der Waals surface area contributed by atoms with Crippen LogP contribution in [0.15, 0.2) is 18.3 Å². The molecule has 2 aromatic heterocycles. The van der Waals surface area contributed by atoms with E-state index >= 15 is 0 Å². The summed E-state index contributed by atoms with van der Waals surface area (Å²) >= 11 is 0. The third-order valence-electron chi connectivity index (χ3n) is 5.39. The number of fused-ring (bicyclic) bond motifs is 1. The van der Waals surface area contributed by atoms with E-state index in [9.17, 15) is 4.79 Å². The van der Waals surface area contributed by atoms with E-state index < -0.39 is 0 Å². The van der Waals surface area contributed by atoms with E-state index in [0.717, 1.165) is 62.2 Å². The second kappa shape index (κ2) is 7.32. The fourth-order valence-electron chi connectivity index (χ4n) is 3.95. The Kier molecular flexibility index (Phi) is 4.91. The molecule has 140 valence electrons. The molecule has 4 heterocycles. The van der Waals surface area contributed by atoms with Crippen molar-refractivity contribution < 1.29 is 9.53 Å². The van der Waals surface area contributed by atoms with E-state index in [1.54, 1.807) is 0 Å². The summed E-state index contributed by atoms with van der Waals surface area (Å²) in [6.07, 6.45) is 4.38. The third-order valence-corrected chi connectivity index (χ3v) is 5.39. The fraction of sp³-hybridized carbons (Fsp3) is 0.632. The van der Waals surface area contributed by atoms with Gasteiger partial charge in [0.1, 0.15) is 6.10 Å². The zero-order valence-corrected chi connectivity index (χ0v) is 15.6. The normalized spacial score (nSPS) is 23.4. The van der Waals surface area contributed by atoms with Gasteiger partial charge in [0.05, 0.1) is 12.2 Å². The van der Waals surface area contributed by atoms with Crippen LogP contribution in [-0.4, -0.2) is 76.9 Å². The predicted octanol–water partition coefficient (Wildman–Crippen LogP) is 1.49. The summed E-state index contributed by atoms with van der Waals surface area (Å²) in [6.45, 7) is 3.95. The zero-order valence-electron chi connectivity index (χ0n) is 15.6. The van der Waals surface area contributed by atoms with Crippen LogP contribution in [0, 0.1) is 0 Å². The SMILES string of the molecule is CN(C)CCn1nc([C@@H]2CCN(C(=O)[C@H]3CCCO3)C2)c2cccnc21. The van der Waals surface area contributed by atoms with E-state index in [0.29, 0.717) is 6.61 Å². The van der Waals surface area contributed by atoms with Crippen molar-refractivity contribution in [2.24, 2.45) is 0 Å². The topological polar surface area (TPSA) is 63.5 Å². The van der Waals surface area contributed by atoms with Gasteiger partial charge >= 0.3 is 0 Å². The van der Waals surface area contributed by atoms with Crippen LogP contribution in [-0.2, 0) is 16.1 Å². The molecule has 0 saturated carbocycles. The number of hydrogen-bond acceptors (Lipinski definition) is 5. The van der Waals surface area contributed by atoms with Crippen molar-refractivity contribution in [1.29, 1.82) is 0 Å². The molecule has 0 bridgehead atoms. The Bertz CT molecular complexity index is 781. The molecular formula is C19H27N5O2. The second-order valence-corrected chi connectivity index (χ2v) is 7.56. The van der Waals surface area contributed by atoms with Gasteiger partial charge in [-0.3, -0.25) is 4.79 Å². The highest BCUT2D eigenvalue weighted by molar-refractivity contribution is 5.82. The maximum absolute atomic E-state index is 12.6. The number of hydrogen-bond donors (Lipinski definition) is 0. The number of rotatable bonds is 5. The molecule has 2 saturated heterocycles. The minimum absolute atomic E-state index is 0.152. The molecule has 0 spiro atoms. The number of likely N-dealkylation sites (N-methyl/N-ethyl adjacent to an activating group) is 1. The maximum atomic E-state index is 12.6. The Morgan fingerprint density at radius 2 is 2.27 bits per heavy atom. The molecule has 0 N–H and O–H groups in total. The van der Waals surface area contributed by atoms with Crippen LogP contribution in [0.1, 0.15) is 30.9 Å². The highest BCUT2D eigenvalue weighted by Gasteiger charge is 2.35. The minimum Gasteiger partial charge on any atom is -0.368 e. The molecular weight excluding hydrogens is 330 g/mol. The third kappa shape index (κ3) is 3.33. The Labute approximate surface area is 153 Å². The van der Waals surface area contributed by atoms with Crippen LogP contribution in [0.3, 0.4) is 0 Å². The lowest BCUT2D eigenvalue weighted by molar-refractivity contribution is -0.139. The van der Waals surface area contributed by atoms with Crippen molar-refractivity contribution in [2.45, 2.75) is 37.8 Å². The molecule has 2 aliphatic rings. The number of carbonyl (C=O) groups is 1. The summed E-state index contributed by atoms with van der Waals surface area (Å²) in [7, 11) is 4.12. The Balaban J connectivity index is 1.54. The highest BCUT2D eigenvalue weighted by atomic mass is 16.5. The molecule has 2 aromatic rings. The monoisotopic (exact) mass is 357 g/mol. The van der Waals surface area contributed by atoms with E-state index in [-0.39, 0.29) is 17.9 Å². The minimum atomic E-state index is -0.232. The van der Waals surface area contributed by atoms with Crippen molar-refractivity contribution >= 4 is 16.9 Å². The number of carbonyl (C=O) groups excluding carboxylic acids is 1. The molecule has 7 heteroatoms. The first-order valence-electron chi connectivity index (χ1n) is 9.50. The van der Waals surface area contributed by atoms with Crippen molar-refractivity contribution in [3.05, 3.63) is 24.0 Å². The Morgan fingerprint density at radius 3 is 3.04 bits per heavy atom. The molecule has 7 nitrogen and oxygen atoms in total. The van der Waals surface area contributed by atoms with Gasteiger partial charge in [0.2, 0.25) is 0 Å². The van der Waals surface area contributed by atoms with E-state index in [4.69, 9.17) is 9.84 Å². The lowest BCUT2D eigenvalue weighted by Crippen LogP contribution is -2.37. The van der Waals surface area contributed by atoms with Crippen molar-refractivity contribution in [1.82, 2.24) is 24.6 Å². The summed E-state index contributed by atoms with van der Waals surface area (Å²) in [6, 6.07) is 4.06. The molecule has 1 amide bonds. The standard InChI is InChI=1S/C19H27N5O2/c1-22(2)10-11-24-18-15(5-3-8-20-18)17(21-24)14-7-9-23(13-14)19(25)16-6-4-12-26-16/h3,5,8,14,16H,4,6-7,9-13H2,1-2H3/t14-,16-/m1/s1. The van der Waals surface area contributed by atoms with Gasteiger partial charge in [-0.25, -0.2) is 9.67 Å². The van der Waals surface area contributed by atoms with Crippen LogP contribution >= 0.6 is 0 Å². The van der Waals surface area contributed by atoms with E-state index in [1.165, 1.54) is 0 Å². The van der Waals surface area contributed by atoms with Crippen molar-refractivity contribution in [3.8, 4) is 0 Å². The number of amides is 1. The van der Waals surface area contributed by atoms with Gasteiger partial charge in [0, 0.05) is 43.7 Å². The van der Waals surface area contributed by atoms with Gasteiger partial charge in [-0.2, -0.15) is 5.10 Å². The first-order valence-corrected chi connectivity index (χ1v) is 9.50. The van der Waals surface area contributed by atoms with Crippen LogP contribution in [0.5, 0.6) is 0 Å². The van der Waals surface area contributed by atoms with Gasteiger partial charge in [-0.15, -0.1) is 0 Å². The summed E-state index contributed by atoms with van der Waals surface area (Å²) < 4.78 is 7.58. The fourth-order valence-corrected chi connectivity index (χ4v) is 3.95. The van der Waals surface area contributed by atoms with E-state index in [1.807, 2.05) is 21.8 Å². The zero-order chi connectivity index (χ0) is 18.1. The first-order chi connectivity index (χ1) is 12.6. The Morgan fingerprint density at radius 1 is 1.38 bits per heavy atom. The summed E-state index contributed by atoms with van der Waals surface area (Å²) in [5, 5.41) is 6.01. The number of nitrogens with zero attached hydrogens (tertiary/aromatic N) is 5. The van der Waals surface area contributed by atoms with Crippen LogP contribution < -0.4 is 0 Å². The van der Waals surface area contributed by atoms with Gasteiger partial charge in [0.15, 0.2) is 5.65 Å². The average Bonchev–Trinajstić information content (AvgIpc) is 3.38. The second-order valence-electron chi connectivity index (χ2n) is 7.56. The lowest BCUT2D eigenvalue weighted by atomic mass is 10.0. The van der Waals surface area contributed by atoms with Crippen molar-refractivity contribution in [2.75, 3.05) is 40.3 Å². The number of pyridine rings is 1.